The zero-order valence-electron chi connectivity index (χ0n) is 18.5. The van der Waals surface area contributed by atoms with Crippen LogP contribution in [0.15, 0.2) is 30.6 Å². The Morgan fingerprint density at radius 3 is 2.32 bits per heavy atom. The molecule has 0 saturated heterocycles. The molecule has 1 aromatic carbocycles. The highest BCUT2D eigenvalue weighted by Crippen LogP contribution is 2.49. The molecule has 2 aromatic heterocycles. The Bertz CT molecular complexity index is 1390. The number of halogens is 9. The fourth-order valence-corrected chi connectivity index (χ4v) is 3.80. The van der Waals surface area contributed by atoms with Gasteiger partial charge in [0.25, 0.3) is 5.91 Å². The van der Waals surface area contributed by atoms with E-state index in [4.69, 9.17) is 17.0 Å². The van der Waals surface area contributed by atoms with Crippen LogP contribution in [0.4, 0.5) is 35.1 Å². The van der Waals surface area contributed by atoms with Gasteiger partial charge in [0.1, 0.15) is 5.56 Å². The summed E-state index contributed by atoms with van der Waals surface area (Å²) in [5.41, 5.74) is -5.26. The lowest BCUT2D eigenvalue weighted by Gasteiger charge is -2.19. The van der Waals surface area contributed by atoms with Gasteiger partial charge >= 0.3 is 18.3 Å². The molecule has 198 valence electrons. The van der Waals surface area contributed by atoms with Crippen molar-refractivity contribution in [3.63, 3.8) is 0 Å². The van der Waals surface area contributed by atoms with E-state index in [2.05, 4.69) is 15.5 Å². The number of nitrogens with one attached hydrogen (secondary N) is 2. The van der Waals surface area contributed by atoms with E-state index >= 15 is 0 Å². The standard InChI is InChI=1S/C21H15ClF8N6O/c1-35-17(14(20(25,26)27)15(34-35)19(23,24)21(28,29)30)36-8-11(7-32-36)10-2-3-13(22)12(6-10)16(37)33-18(9-31)4-5-18/h2-3,6-9,31H,4-5H2,1H3,(H,33,37). The molecule has 1 saturated carbocycles. The highest BCUT2D eigenvalue weighted by Gasteiger charge is 2.64. The van der Waals surface area contributed by atoms with Gasteiger partial charge in [-0.3, -0.25) is 4.79 Å². The van der Waals surface area contributed by atoms with Crippen molar-refractivity contribution in [2.24, 2.45) is 7.05 Å². The van der Waals surface area contributed by atoms with Crippen LogP contribution in [-0.2, 0) is 19.1 Å². The van der Waals surface area contributed by atoms with Gasteiger partial charge in [-0.15, -0.1) is 0 Å². The summed E-state index contributed by atoms with van der Waals surface area (Å²) in [7, 11) is 0.768. The summed E-state index contributed by atoms with van der Waals surface area (Å²) < 4.78 is 108. The topological polar surface area (TPSA) is 88.6 Å². The maximum Gasteiger partial charge on any atom is 0.459 e. The Hall–Kier alpha value is -3.49. The Morgan fingerprint density at radius 1 is 1.14 bits per heavy atom. The van der Waals surface area contributed by atoms with E-state index in [0.717, 1.165) is 25.7 Å². The van der Waals surface area contributed by atoms with Crippen LogP contribution < -0.4 is 5.32 Å². The third-order valence-corrected chi connectivity index (χ3v) is 6.05. The van der Waals surface area contributed by atoms with E-state index in [1.165, 1.54) is 18.2 Å². The average molecular weight is 555 g/mol. The number of nitrogens with zero attached hydrogens (tertiary/aromatic N) is 4. The van der Waals surface area contributed by atoms with E-state index in [1.54, 1.807) is 0 Å². The molecule has 1 aliphatic rings. The summed E-state index contributed by atoms with van der Waals surface area (Å²) in [6.07, 6.45) is -7.77. The molecule has 1 aliphatic carbocycles. The van der Waals surface area contributed by atoms with Gasteiger partial charge in [-0.05, 0) is 30.5 Å². The van der Waals surface area contributed by atoms with Crippen LogP contribution in [-0.4, -0.2) is 43.4 Å². The van der Waals surface area contributed by atoms with E-state index in [1.807, 2.05) is 0 Å². The number of hydrogen-bond donors (Lipinski definition) is 2. The molecule has 1 fully saturated rings. The monoisotopic (exact) mass is 554 g/mol. The van der Waals surface area contributed by atoms with Gasteiger partial charge in [0, 0.05) is 25.0 Å². The van der Waals surface area contributed by atoms with Gasteiger partial charge in [0.2, 0.25) is 0 Å². The first kappa shape index (κ1) is 26.6. The fourth-order valence-electron chi connectivity index (χ4n) is 3.59. The predicted molar refractivity (Wildman–Crippen MR) is 114 cm³/mol. The number of aryl methyl sites for hydroxylation is 1. The van der Waals surface area contributed by atoms with Gasteiger partial charge in [-0.1, -0.05) is 17.7 Å². The molecule has 4 rings (SSSR count). The molecule has 0 radical (unpaired) electrons. The summed E-state index contributed by atoms with van der Waals surface area (Å²) >= 11 is 6.11. The molecule has 0 aliphatic heterocycles. The number of benzene rings is 1. The summed E-state index contributed by atoms with van der Waals surface area (Å²) in [6.45, 7) is 0. The van der Waals surface area contributed by atoms with E-state index in [9.17, 15) is 39.9 Å². The fraction of sp³-hybridized carbons (Fsp3) is 0.333. The normalized spacial score (nSPS) is 15.5. The molecule has 2 heterocycles. The smallest absolute Gasteiger partial charge is 0.342 e. The molecular weight excluding hydrogens is 540 g/mol. The zero-order valence-corrected chi connectivity index (χ0v) is 19.2. The second-order valence-electron chi connectivity index (χ2n) is 8.36. The molecule has 0 bridgehead atoms. The third kappa shape index (κ3) is 4.67. The van der Waals surface area contributed by atoms with Crippen molar-refractivity contribution >= 4 is 23.7 Å². The zero-order chi connectivity index (χ0) is 27.6. The van der Waals surface area contributed by atoms with Gasteiger partial charge in [-0.2, -0.15) is 45.3 Å². The van der Waals surface area contributed by atoms with Crippen LogP contribution in [0.2, 0.25) is 5.02 Å². The van der Waals surface area contributed by atoms with Crippen LogP contribution in [0.3, 0.4) is 0 Å². The average Bonchev–Trinajstić information content (AvgIpc) is 3.21. The number of aromatic nitrogens is 4. The second kappa shape index (κ2) is 8.53. The summed E-state index contributed by atoms with van der Waals surface area (Å²) in [4.78, 5) is 12.6. The highest BCUT2D eigenvalue weighted by molar-refractivity contribution is 6.34. The Balaban J connectivity index is 1.77. The third-order valence-electron chi connectivity index (χ3n) is 5.73. The van der Waals surface area contributed by atoms with Crippen molar-refractivity contribution in [3.8, 4) is 16.9 Å². The molecule has 3 aromatic rings. The largest absolute Gasteiger partial charge is 0.459 e. The van der Waals surface area contributed by atoms with Crippen molar-refractivity contribution in [2.75, 3.05) is 0 Å². The lowest BCUT2D eigenvalue weighted by Crippen LogP contribution is -2.37. The molecule has 37 heavy (non-hydrogen) atoms. The van der Waals surface area contributed by atoms with Gasteiger partial charge in [0.05, 0.1) is 22.3 Å². The van der Waals surface area contributed by atoms with Crippen LogP contribution in [0.25, 0.3) is 16.9 Å². The first-order chi connectivity index (χ1) is 17.0. The van der Waals surface area contributed by atoms with E-state index < -0.39 is 46.8 Å². The van der Waals surface area contributed by atoms with Crippen molar-refractivity contribution in [1.29, 1.82) is 5.41 Å². The minimum Gasteiger partial charge on any atom is -0.342 e. The van der Waals surface area contributed by atoms with Crippen molar-refractivity contribution in [3.05, 3.63) is 52.4 Å². The van der Waals surface area contributed by atoms with Crippen LogP contribution in [0.1, 0.15) is 34.5 Å². The number of carbonyl (C=O) groups is 1. The SMILES string of the molecule is Cn1nc(C(F)(F)C(F)(F)F)c(C(F)(F)F)c1-n1cc(-c2ccc(Cl)c(C(=O)NC3(C=N)CC3)c2)cn1. The summed E-state index contributed by atoms with van der Waals surface area (Å²) in [6, 6.07) is 4.04. The molecular formula is C21H15ClF8N6O. The molecule has 7 nitrogen and oxygen atoms in total. The van der Waals surface area contributed by atoms with Gasteiger partial charge < -0.3 is 10.7 Å². The number of amides is 1. The Morgan fingerprint density at radius 2 is 1.78 bits per heavy atom. The van der Waals surface area contributed by atoms with Gasteiger partial charge in [0.15, 0.2) is 11.5 Å². The van der Waals surface area contributed by atoms with Crippen LogP contribution >= 0.6 is 11.6 Å². The molecule has 1 amide bonds. The van der Waals surface area contributed by atoms with E-state index in [0.29, 0.717) is 17.5 Å². The van der Waals surface area contributed by atoms with Crippen molar-refractivity contribution in [2.45, 2.75) is 36.7 Å². The number of hydrogen-bond acceptors (Lipinski definition) is 4. The second-order valence-corrected chi connectivity index (χ2v) is 8.77. The maximum absolute atomic E-state index is 13.9. The quantitative estimate of drug-likeness (QED) is 0.311. The van der Waals surface area contributed by atoms with Crippen molar-refractivity contribution in [1.82, 2.24) is 24.9 Å². The number of alkyl halides is 8. The Kier molecular flexibility index (Phi) is 6.13. The van der Waals surface area contributed by atoms with Crippen LogP contribution in [0.5, 0.6) is 0 Å². The first-order valence-electron chi connectivity index (χ1n) is 10.3. The Labute approximate surface area is 207 Å². The summed E-state index contributed by atoms with van der Waals surface area (Å²) in [5, 5.41) is 16.7. The van der Waals surface area contributed by atoms with Crippen LogP contribution in [0, 0.1) is 5.41 Å². The minimum absolute atomic E-state index is 0.0105. The minimum atomic E-state index is -6.33. The maximum atomic E-state index is 13.9. The molecule has 0 atom stereocenters. The first-order valence-corrected chi connectivity index (χ1v) is 10.7. The molecule has 2 N–H and O–H groups in total. The lowest BCUT2D eigenvalue weighted by molar-refractivity contribution is -0.292. The highest BCUT2D eigenvalue weighted by atomic mass is 35.5. The molecule has 0 unspecified atom stereocenters. The molecule has 0 spiro atoms. The lowest BCUT2D eigenvalue weighted by atomic mass is 10.1. The number of carbonyl (C=O) groups excluding carboxylic acids is 1. The van der Waals surface area contributed by atoms with Crippen molar-refractivity contribution < 1.29 is 39.9 Å². The number of rotatable bonds is 6. The predicted octanol–water partition coefficient (Wildman–Crippen LogP) is 5.51. The molecule has 16 heteroatoms. The summed E-state index contributed by atoms with van der Waals surface area (Å²) in [5.74, 6) is -7.67. The van der Waals surface area contributed by atoms with Gasteiger partial charge in [-0.25, -0.2) is 9.36 Å². The van der Waals surface area contributed by atoms with E-state index in [-0.39, 0.29) is 26.4 Å².